The minimum absolute atomic E-state index is 0.134. The molecule has 5 heteroatoms. The van der Waals surface area contributed by atoms with Gasteiger partial charge in [-0.3, -0.25) is 0 Å². The molecule has 0 amide bonds. The molecule has 110 valence electrons. The van der Waals surface area contributed by atoms with E-state index in [0.29, 0.717) is 11.3 Å². The van der Waals surface area contributed by atoms with Gasteiger partial charge >= 0.3 is 0 Å². The lowest BCUT2D eigenvalue weighted by atomic mass is 10.1. The third-order valence-electron chi connectivity index (χ3n) is 3.40. The van der Waals surface area contributed by atoms with E-state index in [4.69, 9.17) is 22.7 Å². The van der Waals surface area contributed by atoms with Crippen LogP contribution < -0.4 is 10.5 Å². The van der Waals surface area contributed by atoms with Crippen LogP contribution in [0.2, 0.25) is 0 Å². The standard InChI is InChI=1S/C16H15BrFNOS/c1-8-4-5-9(2)15(10(8)3)20-12-7-6-11(16(19)21)13(17)14(12)18/h4-7H,1-3H3,(H2,19,21). The molecule has 2 aromatic carbocycles. The van der Waals surface area contributed by atoms with E-state index in [1.54, 1.807) is 6.07 Å². The second-order valence-corrected chi connectivity index (χ2v) is 6.09. The SMILES string of the molecule is Cc1ccc(C)c(Oc2ccc(C(N)=S)c(Br)c2F)c1C. The van der Waals surface area contributed by atoms with Gasteiger partial charge < -0.3 is 10.5 Å². The van der Waals surface area contributed by atoms with Crippen LogP contribution in [0.15, 0.2) is 28.7 Å². The van der Waals surface area contributed by atoms with Crippen LogP contribution in [0.4, 0.5) is 4.39 Å². The molecule has 0 heterocycles. The Bertz CT molecular complexity index is 731. The Morgan fingerprint density at radius 3 is 2.38 bits per heavy atom. The first-order valence-corrected chi connectivity index (χ1v) is 7.55. The van der Waals surface area contributed by atoms with Crippen molar-refractivity contribution >= 4 is 33.1 Å². The normalized spacial score (nSPS) is 10.5. The Hall–Kier alpha value is -1.46. The monoisotopic (exact) mass is 367 g/mol. The number of hydrogen-bond donors (Lipinski definition) is 1. The van der Waals surface area contributed by atoms with Gasteiger partial charge in [-0.25, -0.2) is 4.39 Å². The van der Waals surface area contributed by atoms with Crippen LogP contribution in [-0.2, 0) is 0 Å². The van der Waals surface area contributed by atoms with Crippen molar-refractivity contribution in [2.75, 3.05) is 0 Å². The summed E-state index contributed by atoms with van der Waals surface area (Å²) < 4.78 is 20.4. The quantitative estimate of drug-likeness (QED) is 0.780. The van der Waals surface area contributed by atoms with Gasteiger partial charge in [0.25, 0.3) is 0 Å². The van der Waals surface area contributed by atoms with E-state index in [0.717, 1.165) is 16.7 Å². The molecule has 0 aromatic heterocycles. The molecule has 0 fully saturated rings. The summed E-state index contributed by atoms with van der Waals surface area (Å²) in [5.74, 6) is 0.295. The molecule has 0 aliphatic heterocycles. The first kappa shape index (κ1) is 15.9. The summed E-state index contributed by atoms with van der Waals surface area (Å²) >= 11 is 8.06. The van der Waals surface area contributed by atoms with Crippen molar-refractivity contribution in [3.8, 4) is 11.5 Å². The molecule has 0 radical (unpaired) electrons. The summed E-state index contributed by atoms with van der Waals surface area (Å²) in [4.78, 5) is 0.134. The fourth-order valence-electron chi connectivity index (χ4n) is 1.99. The van der Waals surface area contributed by atoms with Crippen molar-refractivity contribution in [2.45, 2.75) is 20.8 Å². The molecule has 2 N–H and O–H groups in total. The number of aryl methyl sites for hydroxylation is 2. The zero-order valence-corrected chi connectivity index (χ0v) is 14.4. The third kappa shape index (κ3) is 3.09. The minimum Gasteiger partial charge on any atom is -0.454 e. The molecule has 2 rings (SSSR count). The van der Waals surface area contributed by atoms with Crippen molar-refractivity contribution in [3.05, 3.63) is 56.8 Å². The van der Waals surface area contributed by atoms with Gasteiger partial charge in [-0.15, -0.1) is 0 Å². The van der Waals surface area contributed by atoms with Crippen molar-refractivity contribution in [1.29, 1.82) is 0 Å². The van der Waals surface area contributed by atoms with Crippen LogP contribution >= 0.6 is 28.1 Å². The van der Waals surface area contributed by atoms with Gasteiger partial charge in [-0.1, -0.05) is 24.4 Å². The smallest absolute Gasteiger partial charge is 0.180 e. The maximum Gasteiger partial charge on any atom is 0.180 e. The lowest BCUT2D eigenvalue weighted by molar-refractivity contribution is 0.434. The topological polar surface area (TPSA) is 35.2 Å². The summed E-state index contributed by atoms with van der Waals surface area (Å²) in [6.45, 7) is 5.87. The molecule has 0 saturated heterocycles. The Balaban J connectivity index is 2.49. The van der Waals surface area contributed by atoms with Crippen LogP contribution in [0, 0.1) is 26.6 Å². The maximum atomic E-state index is 14.4. The molecule has 0 aliphatic carbocycles. The van der Waals surface area contributed by atoms with Crippen LogP contribution in [0.1, 0.15) is 22.3 Å². The van der Waals surface area contributed by atoms with Gasteiger partial charge in [0, 0.05) is 5.56 Å². The molecular formula is C16H15BrFNOS. The molecular weight excluding hydrogens is 353 g/mol. The highest BCUT2D eigenvalue weighted by molar-refractivity contribution is 9.10. The molecule has 0 aliphatic rings. The van der Waals surface area contributed by atoms with Gasteiger partial charge in [-0.05, 0) is 65.5 Å². The highest BCUT2D eigenvalue weighted by Crippen LogP contribution is 2.35. The Morgan fingerprint density at radius 2 is 1.76 bits per heavy atom. The van der Waals surface area contributed by atoms with Crippen LogP contribution in [-0.4, -0.2) is 4.99 Å². The van der Waals surface area contributed by atoms with Crippen LogP contribution in [0.5, 0.6) is 11.5 Å². The van der Waals surface area contributed by atoms with Gasteiger partial charge in [0.1, 0.15) is 10.7 Å². The number of thiocarbonyl (C=S) groups is 1. The number of halogens is 2. The second-order valence-electron chi connectivity index (χ2n) is 4.86. The minimum atomic E-state index is -0.513. The summed E-state index contributed by atoms with van der Waals surface area (Å²) in [5.41, 5.74) is 9.03. The molecule has 0 spiro atoms. The predicted octanol–water partition coefficient (Wildman–Crippen LogP) is 4.94. The zero-order chi connectivity index (χ0) is 15.7. The van der Waals surface area contributed by atoms with E-state index >= 15 is 0 Å². The largest absolute Gasteiger partial charge is 0.454 e. The third-order valence-corrected chi connectivity index (χ3v) is 4.39. The van der Waals surface area contributed by atoms with Gasteiger partial charge in [0.2, 0.25) is 0 Å². The van der Waals surface area contributed by atoms with E-state index < -0.39 is 5.82 Å². The fraction of sp³-hybridized carbons (Fsp3) is 0.188. The molecule has 0 atom stereocenters. The van der Waals surface area contributed by atoms with E-state index in [1.807, 2.05) is 32.9 Å². The van der Waals surface area contributed by atoms with Crippen molar-refractivity contribution in [2.24, 2.45) is 5.73 Å². The van der Waals surface area contributed by atoms with Crippen LogP contribution in [0.3, 0.4) is 0 Å². The number of rotatable bonds is 3. The molecule has 21 heavy (non-hydrogen) atoms. The maximum absolute atomic E-state index is 14.4. The summed E-state index contributed by atoms with van der Waals surface area (Å²) in [6.07, 6.45) is 0. The lowest BCUT2D eigenvalue weighted by Gasteiger charge is -2.15. The van der Waals surface area contributed by atoms with E-state index in [9.17, 15) is 4.39 Å². The van der Waals surface area contributed by atoms with E-state index in [-0.39, 0.29) is 15.2 Å². The van der Waals surface area contributed by atoms with Crippen molar-refractivity contribution in [3.63, 3.8) is 0 Å². The fourth-order valence-corrected chi connectivity index (χ4v) is 2.84. The average Bonchev–Trinajstić information content (AvgIpc) is 2.43. The number of benzene rings is 2. The summed E-state index contributed by atoms with van der Waals surface area (Å²) in [5, 5.41) is 0. The molecule has 0 saturated carbocycles. The van der Waals surface area contributed by atoms with E-state index in [2.05, 4.69) is 15.9 Å². The Labute approximate surface area is 137 Å². The van der Waals surface area contributed by atoms with Crippen molar-refractivity contribution in [1.82, 2.24) is 0 Å². The summed E-state index contributed by atoms with van der Waals surface area (Å²) in [7, 11) is 0. The summed E-state index contributed by atoms with van der Waals surface area (Å²) in [6, 6.07) is 7.15. The Morgan fingerprint density at radius 1 is 1.14 bits per heavy atom. The molecule has 0 unspecified atom stereocenters. The first-order valence-electron chi connectivity index (χ1n) is 6.35. The zero-order valence-electron chi connectivity index (χ0n) is 12.0. The number of hydrogen-bond acceptors (Lipinski definition) is 2. The first-order chi connectivity index (χ1) is 9.82. The van der Waals surface area contributed by atoms with E-state index in [1.165, 1.54) is 6.07 Å². The van der Waals surface area contributed by atoms with Crippen LogP contribution in [0.25, 0.3) is 0 Å². The predicted molar refractivity (Wildman–Crippen MR) is 90.7 cm³/mol. The molecule has 2 nitrogen and oxygen atoms in total. The second kappa shape index (κ2) is 6.12. The highest BCUT2D eigenvalue weighted by Gasteiger charge is 2.16. The lowest BCUT2D eigenvalue weighted by Crippen LogP contribution is -2.11. The number of nitrogens with two attached hydrogens (primary N) is 1. The number of ether oxygens (including phenoxy) is 1. The average molecular weight is 368 g/mol. The highest BCUT2D eigenvalue weighted by atomic mass is 79.9. The Kier molecular flexibility index (Phi) is 4.64. The van der Waals surface area contributed by atoms with Gasteiger partial charge in [-0.2, -0.15) is 0 Å². The van der Waals surface area contributed by atoms with Gasteiger partial charge in [0.05, 0.1) is 4.47 Å². The molecule has 2 aromatic rings. The van der Waals surface area contributed by atoms with Crippen molar-refractivity contribution < 1.29 is 9.13 Å². The van der Waals surface area contributed by atoms with Gasteiger partial charge in [0.15, 0.2) is 11.6 Å². The molecule has 0 bridgehead atoms.